The van der Waals surface area contributed by atoms with Gasteiger partial charge in [0.05, 0.1) is 17.1 Å². The van der Waals surface area contributed by atoms with Crippen LogP contribution in [-0.4, -0.2) is 52.7 Å². The van der Waals surface area contributed by atoms with Crippen LogP contribution >= 0.6 is 0 Å². The molecule has 7 heteroatoms. The van der Waals surface area contributed by atoms with Gasteiger partial charge in [-0.3, -0.25) is 4.79 Å². The number of ether oxygens (including phenoxy) is 1. The van der Waals surface area contributed by atoms with Crippen molar-refractivity contribution >= 4 is 22.8 Å². The Morgan fingerprint density at radius 3 is 3.12 bits per heavy atom. The van der Waals surface area contributed by atoms with E-state index in [2.05, 4.69) is 31.2 Å². The Bertz CT molecular complexity index is 804. The monoisotopic (exact) mass is 357 g/mol. The second-order valence-electron chi connectivity index (χ2n) is 7.61. The predicted molar refractivity (Wildman–Crippen MR) is 100 cm³/mol. The summed E-state index contributed by atoms with van der Waals surface area (Å²) in [4.78, 5) is 27.1. The summed E-state index contributed by atoms with van der Waals surface area (Å²) in [6.07, 6.45) is 8.22. The van der Waals surface area contributed by atoms with Crippen LogP contribution in [0.15, 0.2) is 12.4 Å². The normalized spacial score (nSPS) is 25.9. The van der Waals surface area contributed by atoms with Gasteiger partial charge < -0.3 is 19.9 Å². The van der Waals surface area contributed by atoms with E-state index in [0.29, 0.717) is 0 Å². The van der Waals surface area contributed by atoms with Crippen molar-refractivity contribution < 1.29 is 9.53 Å². The fourth-order valence-corrected chi connectivity index (χ4v) is 4.80. The quantitative estimate of drug-likeness (QED) is 0.877. The van der Waals surface area contributed by atoms with Gasteiger partial charge in [-0.25, -0.2) is 9.97 Å². The Hall–Kier alpha value is -2.15. The van der Waals surface area contributed by atoms with E-state index in [-0.39, 0.29) is 24.1 Å². The van der Waals surface area contributed by atoms with Crippen molar-refractivity contribution in [2.45, 2.75) is 57.0 Å². The van der Waals surface area contributed by atoms with Gasteiger partial charge in [0.25, 0.3) is 0 Å². The molecular weight excluding hydrogens is 330 g/mol. The Morgan fingerprint density at radius 1 is 1.38 bits per heavy atom. The molecule has 1 amide bonds. The third-order valence-corrected chi connectivity index (χ3v) is 5.88. The molecule has 3 heterocycles. The number of methoxy groups -OCH3 is 1. The number of aromatic nitrogens is 3. The molecule has 2 aromatic rings. The van der Waals surface area contributed by atoms with E-state index >= 15 is 0 Å². The summed E-state index contributed by atoms with van der Waals surface area (Å²) in [6, 6.07) is 2.31. The highest BCUT2D eigenvalue weighted by Crippen LogP contribution is 2.41. The highest BCUT2D eigenvalue weighted by atomic mass is 16.5. The lowest BCUT2D eigenvalue weighted by molar-refractivity contribution is -0.126. The van der Waals surface area contributed by atoms with Gasteiger partial charge in [-0.2, -0.15) is 0 Å². The van der Waals surface area contributed by atoms with E-state index in [9.17, 15) is 4.79 Å². The molecule has 1 saturated heterocycles. The molecule has 0 aromatic carbocycles. The van der Waals surface area contributed by atoms with Gasteiger partial charge in [-0.15, -0.1) is 0 Å². The fourth-order valence-electron chi connectivity index (χ4n) is 4.80. The summed E-state index contributed by atoms with van der Waals surface area (Å²) in [5.74, 6) is 0.933. The van der Waals surface area contributed by atoms with Gasteiger partial charge in [0.15, 0.2) is 5.82 Å². The van der Waals surface area contributed by atoms with Crippen LogP contribution in [0.3, 0.4) is 0 Å². The predicted octanol–water partition coefficient (Wildman–Crippen LogP) is 2.31. The molecule has 0 spiro atoms. The van der Waals surface area contributed by atoms with E-state index < -0.39 is 0 Å². The number of rotatable bonds is 4. The maximum atomic E-state index is 12.3. The van der Waals surface area contributed by atoms with Crippen LogP contribution in [-0.2, 0) is 9.53 Å². The number of nitrogens with zero attached hydrogens (tertiary/aromatic N) is 3. The standard InChI is InChI=1S/C19H27N5O2/c1-13-10-14-17(22-13)18(21-12-20-14)24-9-8-19(23-16(25)11-26-2)7-5-3-4-6-15(19)24/h10,12,15,22H,3-9,11H2,1-2H3,(H,23,25). The van der Waals surface area contributed by atoms with Crippen molar-refractivity contribution in [3.8, 4) is 0 Å². The van der Waals surface area contributed by atoms with Crippen molar-refractivity contribution in [1.82, 2.24) is 20.3 Å². The summed E-state index contributed by atoms with van der Waals surface area (Å²) in [6.45, 7) is 3.04. The minimum absolute atomic E-state index is 0.0233. The Balaban J connectivity index is 1.70. The van der Waals surface area contributed by atoms with Crippen LogP contribution in [0.1, 0.15) is 44.2 Å². The number of hydrogen-bond donors (Lipinski definition) is 2. The molecule has 2 aromatic heterocycles. The maximum Gasteiger partial charge on any atom is 0.246 e. The number of fused-ring (bicyclic) bond motifs is 2. The van der Waals surface area contributed by atoms with Crippen molar-refractivity contribution in [1.29, 1.82) is 0 Å². The zero-order valence-corrected chi connectivity index (χ0v) is 15.5. The first kappa shape index (κ1) is 17.3. The topological polar surface area (TPSA) is 83.1 Å². The number of H-pyrrole nitrogens is 1. The Labute approximate surface area is 153 Å². The number of amides is 1. The Kier molecular flexibility index (Phi) is 4.56. The molecule has 2 fully saturated rings. The molecule has 4 rings (SSSR count). The Morgan fingerprint density at radius 2 is 2.27 bits per heavy atom. The molecule has 0 bridgehead atoms. The molecule has 0 radical (unpaired) electrons. The van der Waals surface area contributed by atoms with Crippen LogP contribution in [0.4, 0.5) is 5.82 Å². The van der Waals surface area contributed by atoms with E-state index in [1.807, 2.05) is 6.92 Å². The van der Waals surface area contributed by atoms with E-state index in [0.717, 1.165) is 54.8 Å². The van der Waals surface area contributed by atoms with E-state index in [4.69, 9.17) is 4.74 Å². The lowest BCUT2D eigenvalue weighted by Crippen LogP contribution is -2.57. The van der Waals surface area contributed by atoms with Gasteiger partial charge >= 0.3 is 0 Å². The third kappa shape index (κ3) is 2.94. The number of carbonyl (C=O) groups excluding carboxylic acids is 1. The zero-order valence-electron chi connectivity index (χ0n) is 15.5. The largest absolute Gasteiger partial charge is 0.375 e. The van der Waals surface area contributed by atoms with Crippen molar-refractivity contribution in [2.24, 2.45) is 0 Å². The van der Waals surface area contributed by atoms with E-state index in [1.54, 1.807) is 13.4 Å². The van der Waals surface area contributed by atoms with Gasteiger partial charge in [0.1, 0.15) is 18.5 Å². The maximum absolute atomic E-state index is 12.3. The highest BCUT2D eigenvalue weighted by molar-refractivity contribution is 5.87. The average molecular weight is 357 g/mol. The third-order valence-electron chi connectivity index (χ3n) is 5.88. The van der Waals surface area contributed by atoms with E-state index in [1.165, 1.54) is 12.8 Å². The second-order valence-corrected chi connectivity index (χ2v) is 7.61. The highest BCUT2D eigenvalue weighted by Gasteiger charge is 2.49. The summed E-state index contributed by atoms with van der Waals surface area (Å²) in [5, 5.41) is 3.33. The van der Waals surface area contributed by atoms with Crippen molar-refractivity contribution in [3.63, 3.8) is 0 Å². The summed E-state index contributed by atoms with van der Waals surface area (Å²) in [5.41, 5.74) is 2.84. The molecule has 2 unspecified atom stereocenters. The van der Waals surface area contributed by atoms with Gasteiger partial charge in [-0.05, 0) is 32.3 Å². The zero-order chi connectivity index (χ0) is 18.1. The molecule has 26 heavy (non-hydrogen) atoms. The fraction of sp³-hybridized carbons (Fsp3) is 0.632. The number of carbonyl (C=O) groups is 1. The molecule has 7 nitrogen and oxygen atoms in total. The first-order valence-electron chi connectivity index (χ1n) is 9.50. The van der Waals surface area contributed by atoms with Crippen LogP contribution in [0.5, 0.6) is 0 Å². The summed E-state index contributed by atoms with van der Waals surface area (Å²) in [7, 11) is 1.56. The van der Waals surface area contributed by atoms with Gasteiger partial charge in [0.2, 0.25) is 5.91 Å². The van der Waals surface area contributed by atoms with Crippen LogP contribution in [0.25, 0.3) is 11.0 Å². The summed E-state index contributed by atoms with van der Waals surface area (Å²) >= 11 is 0. The molecular formula is C19H27N5O2. The first-order chi connectivity index (χ1) is 12.6. The first-order valence-corrected chi connectivity index (χ1v) is 9.50. The van der Waals surface area contributed by atoms with Crippen LogP contribution in [0, 0.1) is 6.92 Å². The molecule has 1 aliphatic heterocycles. The molecule has 2 N–H and O–H groups in total. The summed E-state index contributed by atoms with van der Waals surface area (Å²) < 4.78 is 5.04. The van der Waals surface area contributed by atoms with Crippen molar-refractivity contribution in [3.05, 3.63) is 18.1 Å². The van der Waals surface area contributed by atoms with Crippen LogP contribution < -0.4 is 10.2 Å². The lowest BCUT2D eigenvalue weighted by atomic mass is 9.85. The average Bonchev–Trinajstić information content (AvgIpc) is 3.08. The smallest absolute Gasteiger partial charge is 0.246 e. The van der Waals surface area contributed by atoms with Gasteiger partial charge in [0, 0.05) is 19.3 Å². The molecule has 2 atom stereocenters. The molecule has 1 saturated carbocycles. The molecule has 1 aliphatic carbocycles. The second kappa shape index (κ2) is 6.87. The minimum atomic E-state index is -0.189. The molecule has 2 aliphatic rings. The number of aromatic amines is 1. The molecule has 140 valence electrons. The number of hydrogen-bond acceptors (Lipinski definition) is 5. The number of anilines is 1. The van der Waals surface area contributed by atoms with Crippen molar-refractivity contribution in [2.75, 3.05) is 25.2 Å². The number of aryl methyl sites for hydroxylation is 1. The lowest BCUT2D eigenvalue weighted by Gasteiger charge is -2.38. The van der Waals surface area contributed by atoms with Crippen LogP contribution in [0.2, 0.25) is 0 Å². The minimum Gasteiger partial charge on any atom is -0.375 e. The number of nitrogens with one attached hydrogen (secondary N) is 2. The SMILES string of the molecule is COCC(=O)NC12CCCCCC1N(c1ncnc3cc(C)[nH]c13)CC2. The van der Waals surface area contributed by atoms with Gasteiger partial charge in [-0.1, -0.05) is 19.3 Å².